The van der Waals surface area contributed by atoms with Crippen LogP contribution in [0.4, 0.5) is 0 Å². The molecule has 4 nitrogen and oxygen atoms in total. The highest BCUT2D eigenvalue weighted by molar-refractivity contribution is 6.30. The van der Waals surface area contributed by atoms with Gasteiger partial charge in [0.05, 0.1) is 12.4 Å². The molecule has 2 aromatic rings. The summed E-state index contributed by atoms with van der Waals surface area (Å²) in [7, 11) is 0. The Bertz CT molecular complexity index is 581. The number of nitrogens with one attached hydrogen (secondary N) is 1. The van der Waals surface area contributed by atoms with Gasteiger partial charge in [0.15, 0.2) is 5.75 Å². The Hall–Kier alpha value is -1.52. The lowest BCUT2D eigenvalue weighted by Crippen LogP contribution is -2.19. The van der Waals surface area contributed by atoms with Crippen molar-refractivity contribution in [2.45, 2.75) is 33.9 Å². The molecule has 0 bridgehead atoms. The molecule has 21 heavy (non-hydrogen) atoms. The van der Waals surface area contributed by atoms with Crippen LogP contribution in [0.5, 0.6) is 11.5 Å². The van der Waals surface area contributed by atoms with E-state index >= 15 is 0 Å². The van der Waals surface area contributed by atoms with Crippen molar-refractivity contribution in [2.75, 3.05) is 6.54 Å². The van der Waals surface area contributed by atoms with E-state index in [1.54, 1.807) is 6.20 Å². The van der Waals surface area contributed by atoms with E-state index in [2.05, 4.69) is 24.3 Å². The summed E-state index contributed by atoms with van der Waals surface area (Å²) in [5.41, 5.74) is 1.05. The first kappa shape index (κ1) is 15.9. The molecule has 2 rings (SSSR count). The summed E-state index contributed by atoms with van der Waals surface area (Å²) in [5, 5.41) is 8.34. The quantitative estimate of drug-likeness (QED) is 0.837. The molecule has 1 heterocycles. The van der Waals surface area contributed by atoms with Crippen LogP contribution in [0.1, 0.15) is 26.3 Å². The second kappa shape index (κ2) is 7.48. The molecule has 0 fully saturated rings. The second-order valence-corrected chi connectivity index (χ2v) is 5.85. The largest absolute Gasteiger partial charge is 0.454 e. The maximum absolute atomic E-state index is 6.09. The highest BCUT2D eigenvalue weighted by Gasteiger charge is 2.08. The lowest BCUT2D eigenvalue weighted by molar-refractivity contribution is 0.468. The van der Waals surface area contributed by atoms with Gasteiger partial charge >= 0.3 is 0 Å². The van der Waals surface area contributed by atoms with E-state index in [0.29, 0.717) is 10.9 Å². The fraction of sp³-hybridized carbons (Fsp3) is 0.438. The smallest absolute Gasteiger partial charge is 0.165 e. The highest BCUT2D eigenvalue weighted by Crippen LogP contribution is 2.27. The molecule has 0 unspecified atom stereocenters. The van der Waals surface area contributed by atoms with Crippen molar-refractivity contribution >= 4 is 11.6 Å². The Morgan fingerprint density at radius 1 is 1.38 bits per heavy atom. The zero-order chi connectivity index (χ0) is 15.2. The van der Waals surface area contributed by atoms with E-state index < -0.39 is 0 Å². The molecule has 0 spiro atoms. The average molecular weight is 308 g/mol. The van der Waals surface area contributed by atoms with Gasteiger partial charge in [-0.05, 0) is 37.6 Å². The van der Waals surface area contributed by atoms with E-state index in [4.69, 9.17) is 16.3 Å². The molecule has 114 valence electrons. The highest BCUT2D eigenvalue weighted by atomic mass is 35.5. The summed E-state index contributed by atoms with van der Waals surface area (Å²) < 4.78 is 7.76. The fourth-order valence-corrected chi connectivity index (χ4v) is 2.17. The summed E-state index contributed by atoms with van der Waals surface area (Å²) in [6, 6.07) is 5.68. The number of benzene rings is 1. The van der Waals surface area contributed by atoms with E-state index in [0.717, 1.165) is 36.7 Å². The van der Waals surface area contributed by atoms with Crippen LogP contribution in [0.3, 0.4) is 0 Å². The molecule has 0 aliphatic rings. The molecule has 0 saturated carbocycles. The molecule has 1 N–H and O–H groups in total. The molecule has 0 radical (unpaired) electrons. The van der Waals surface area contributed by atoms with Crippen LogP contribution in [0.15, 0.2) is 30.6 Å². The third-order valence-corrected chi connectivity index (χ3v) is 3.29. The van der Waals surface area contributed by atoms with Crippen molar-refractivity contribution in [1.29, 1.82) is 0 Å². The molecule has 0 amide bonds. The second-order valence-electron chi connectivity index (χ2n) is 5.41. The first-order valence-corrected chi connectivity index (χ1v) is 7.65. The predicted molar refractivity (Wildman–Crippen MR) is 86.0 cm³/mol. The van der Waals surface area contributed by atoms with Gasteiger partial charge in [-0.3, -0.25) is 4.68 Å². The number of halogens is 1. The molecular formula is C16H22ClN3O. The van der Waals surface area contributed by atoms with E-state index in [1.807, 2.05) is 36.0 Å². The number of nitrogens with zero attached hydrogens (tertiary/aromatic N) is 2. The molecule has 0 saturated heterocycles. The van der Waals surface area contributed by atoms with Crippen LogP contribution in [-0.4, -0.2) is 16.3 Å². The summed E-state index contributed by atoms with van der Waals surface area (Å²) in [4.78, 5) is 0. The maximum Gasteiger partial charge on any atom is 0.165 e. The van der Waals surface area contributed by atoms with Crippen LogP contribution in [-0.2, 0) is 13.1 Å². The van der Waals surface area contributed by atoms with Crippen molar-refractivity contribution in [3.8, 4) is 11.5 Å². The number of ether oxygens (including phenoxy) is 1. The third kappa shape index (κ3) is 4.76. The van der Waals surface area contributed by atoms with Gasteiger partial charge in [-0.2, -0.15) is 5.10 Å². The Kier molecular flexibility index (Phi) is 5.65. The molecule has 5 heteroatoms. The minimum atomic E-state index is 0.608. The Morgan fingerprint density at radius 2 is 2.19 bits per heavy atom. The van der Waals surface area contributed by atoms with Crippen molar-refractivity contribution in [3.05, 3.63) is 41.2 Å². The van der Waals surface area contributed by atoms with Crippen LogP contribution < -0.4 is 10.1 Å². The SMILES string of the molecule is CCn1cc(Oc2ccc(Cl)cc2CNCC(C)C)cn1. The number of hydrogen-bond acceptors (Lipinski definition) is 3. The molecule has 0 atom stereocenters. The number of rotatable bonds is 7. The van der Waals surface area contributed by atoms with Crippen molar-refractivity contribution in [1.82, 2.24) is 15.1 Å². The van der Waals surface area contributed by atoms with Gasteiger partial charge in [-0.1, -0.05) is 25.4 Å². The van der Waals surface area contributed by atoms with E-state index in [9.17, 15) is 0 Å². The van der Waals surface area contributed by atoms with Crippen LogP contribution in [0.25, 0.3) is 0 Å². The average Bonchev–Trinajstić information content (AvgIpc) is 2.89. The maximum atomic E-state index is 6.09. The van der Waals surface area contributed by atoms with Crippen LogP contribution >= 0.6 is 11.6 Å². The normalized spacial score (nSPS) is 11.1. The van der Waals surface area contributed by atoms with Gasteiger partial charge in [-0.15, -0.1) is 0 Å². The summed E-state index contributed by atoms with van der Waals surface area (Å²) in [5.74, 6) is 2.16. The Balaban J connectivity index is 2.10. The summed E-state index contributed by atoms with van der Waals surface area (Å²) in [6.07, 6.45) is 3.61. The molecule has 0 aliphatic heterocycles. The lowest BCUT2D eigenvalue weighted by Gasteiger charge is -2.12. The zero-order valence-corrected chi connectivity index (χ0v) is 13.5. The van der Waals surface area contributed by atoms with Gasteiger partial charge in [-0.25, -0.2) is 0 Å². The van der Waals surface area contributed by atoms with Gasteiger partial charge in [0, 0.05) is 23.7 Å². The predicted octanol–water partition coefficient (Wildman–Crippen LogP) is 4.09. The lowest BCUT2D eigenvalue weighted by atomic mass is 10.2. The number of aromatic nitrogens is 2. The number of aryl methyl sites for hydroxylation is 1. The topological polar surface area (TPSA) is 39.1 Å². The molecule has 0 aliphatic carbocycles. The Labute approximate surface area is 131 Å². The van der Waals surface area contributed by atoms with E-state index in [-0.39, 0.29) is 0 Å². The number of hydrogen-bond donors (Lipinski definition) is 1. The Morgan fingerprint density at radius 3 is 2.86 bits per heavy atom. The van der Waals surface area contributed by atoms with Crippen LogP contribution in [0.2, 0.25) is 5.02 Å². The minimum Gasteiger partial charge on any atom is -0.454 e. The zero-order valence-electron chi connectivity index (χ0n) is 12.8. The summed E-state index contributed by atoms with van der Waals surface area (Å²) >= 11 is 6.09. The first-order chi connectivity index (χ1) is 10.1. The van der Waals surface area contributed by atoms with Gasteiger partial charge in [0.1, 0.15) is 5.75 Å². The molecule has 1 aromatic heterocycles. The molecular weight excluding hydrogens is 286 g/mol. The van der Waals surface area contributed by atoms with Gasteiger partial charge in [0.2, 0.25) is 0 Å². The fourth-order valence-electron chi connectivity index (χ4n) is 1.98. The standard InChI is InChI=1S/C16H22ClN3O/c1-4-20-11-15(10-19-20)21-16-6-5-14(17)7-13(16)9-18-8-12(2)3/h5-7,10-12,18H,4,8-9H2,1-3H3. The van der Waals surface area contributed by atoms with Crippen molar-refractivity contribution < 1.29 is 4.74 Å². The first-order valence-electron chi connectivity index (χ1n) is 7.28. The van der Waals surface area contributed by atoms with Crippen molar-refractivity contribution in [3.63, 3.8) is 0 Å². The van der Waals surface area contributed by atoms with E-state index in [1.165, 1.54) is 0 Å². The summed E-state index contributed by atoms with van der Waals surface area (Å²) in [6.45, 7) is 8.92. The monoisotopic (exact) mass is 307 g/mol. The van der Waals surface area contributed by atoms with Gasteiger partial charge in [0.25, 0.3) is 0 Å². The van der Waals surface area contributed by atoms with Crippen molar-refractivity contribution in [2.24, 2.45) is 5.92 Å². The van der Waals surface area contributed by atoms with Crippen LogP contribution in [0, 0.1) is 5.92 Å². The van der Waals surface area contributed by atoms with Gasteiger partial charge < -0.3 is 10.1 Å². The molecule has 1 aromatic carbocycles. The third-order valence-electron chi connectivity index (χ3n) is 3.05. The minimum absolute atomic E-state index is 0.608.